The molecule has 0 spiro atoms. The monoisotopic (exact) mass is 1040 g/mol. The number of aliphatic carboxylic acids is 1. The molecule has 2 bridgehead atoms. The van der Waals surface area contributed by atoms with E-state index in [0.29, 0.717) is 126 Å². The quantitative estimate of drug-likeness (QED) is 0.130. The number of rotatable bonds is 11. The summed E-state index contributed by atoms with van der Waals surface area (Å²) in [7, 11) is 2.10. The SMILES string of the molecule is Cc1c(Cl)c2c(Cl)c(C)c1-c1c(-c3ccc(F)cc3)sc3ncnc(c13)O[C@@H](C(=O)O)Cc1cc(OCc3ccnc(-c4ccc(OC[C@H]5COCCO5)cc4)n3)ccc1OC[C@@H](CN1CCN(C)CC1)O2. The minimum atomic E-state index is -1.47. The van der Waals surface area contributed by atoms with Crippen molar-refractivity contribution in [3.8, 4) is 61.8 Å². The molecule has 2 fully saturated rings. The fourth-order valence-electron chi connectivity index (χ4n) is 9.00. The van der Waals surface area contributed by atoms with Crippen molar-refractivity contribution in [2.45, 2.75) is 45.2 Å². The first-order valence-electron chi connectivity index (χ1n) is 23.6. The Balaban J connectivity index is 0.994. The van der Waals surface area contributed by atoms with Crippen LogP contribution >= 0.6 is 34.5 Å². The third-order valence-corrected chi connectivity index (χ3v) is 14.9. The fourth-order valence-corrected chi connectivity index (χ4v) is 10.7. The van der Waals surface area contributed by atoms with E-state index in [9.17, 15) is 14.3 Å². The van der Waals surface area contributed by atoms with Crippen molar-refractivity contribution in [2.24, 2.45) is 0 Å². The molecule has 15 nitrogen and oxygen atoms in total. The molecule has 0 saturated carbocycles. The van der Waals surface area contributed by atoms with E-state index >= 15 is 0 Å². The molecule has 3 atom stereocenters. The van der Waals surface area contributed by atoms with Gasteiger partial charge in [0.1, 0.15) is 66.3 Å². The van der Waals surface area contributed by atoms with Crippen LogP contribution in [0.25, 0.3) is 43.2 Å². The van der Waals surface area contributed by atoms with Crippen molar-refractivity contribution < 1.29 is 47.4 Å². The Morgan fingerprint density at radius 3 is 2.33 bits per heavy atom. The van der Waals surface area contributed by atoms with Gasteiger partial charge in [-0.15, -0.1) is 11.3 Å². The number of likely N-dealkylation sites (N-methyl/N-ethyl adjacent to an activating group) is 1. The van der Waals surface area contributed by atoms with Crippen LogP contribution in [0.2, 0.25) is 10.0 Å². The molecular weight excluding hydrogens is 987 g/mol. The highest BCUT2D eigenvalue weighted by atomic mass is 35.5. The van der Waals surface area contributed by atoms with Crippen LogP contribution in [0.5, 0.6) is 28.9 Å². The molecule has 19 heteroatoms. The molecule has 0 unspecified atom stereocenters. The summed E-state index contributed by atoms with van der Waals surface area (Å²) < 4.78 is 57.8. The molecule has 72 heavy (non-hydrogen) atoms. The predicted octanol–water partition coefficient (Wildman–Crippen LogP) is 9.38. The van der Waals surface area contributed by atoms with Gasteiger partial charge in [0.05, 0.1) is 40.9 Å². The van der Waals surface area contributed by atoms with Gasteiger partial charge in [0.2, 0.25) is 12.0 Å². The number of benzene rings is 4. The summed E-state index contributed by atoms with van der Waals surface area (Å²) >= 11 is 16.0. The van der Waals surface area contributed by atoms with Crippen molar-refractivity contribution in [1.29, 1.82) is 0 Å². The third kappa shape index (κ3) is 10.9. The van der Waals surface area contributed by atoms with Gasteiger partial charge < -0.3 is 43.2 Å². The third-order valence-electron chi connectivity index (χ3n) is 12.9. The minimum Gasteiger partial charge on any atom is -0.491 e. The highest BCUT2D eigenvalue weighted by Crippen LogP contribution is 2.53. The van der Waals surface area contributed by atoms with E-state index < -0.39 is 24.0 Å². The van der Waals surface area contributed by atoms with E-state index in [0.717, 1.165) is 31.7 Å². The van der Waals surface area contributed by atoms with Crippen molar-refractivity contribution >= 4 is 50.7 Å². The Hall–Kier alpha value is -6.18. The fraction of sp³-hybridized carbons (Fsp3) is 0.340. The number of thiophene rings is 1. The van der Waals surface area contributed by atoms with Crippen LogP contribution in [0.3, 0.4) is 0 Å². The van der Waals surface area contributed by atoms with Gasteiger partial charge in [0.25, 0.3) is 0 Å². The van der Waals surface area contributed by atoms with Crippen LogP contribution in [0.15, 0.2) is 85.3 Å². The van der Waals surface area contributed by atoms with Crippen LogP contribution in [0.1, 0.15) is 22.4 Å². The first kappa shape index (κ1) is 49.4. The van der Waals surface area contributed by atoms with Gasteiger partial charge in [0, 0.05) is 66.9 Å². The summed E-state index contributed by atoms with van der Waals surface area (Å²) in [6, 6.07) is 20.7. The van der Waals surface area contributed by atoms with Gasteiger partial charge in [-0.25, -0.2) is 29.1 Å². The van der Waals surface area contributed by atoms with Gasteiger partial charge in [-0.2, -0.15) is 0 Å². The molecule has 1 N–H and O–H groups in total. The van der Waals surface area contributed by atoms with E-state index in [2.05, 4.69) is 31.8 Å². The second-order valence-corrected chi connectivity index (χ2v) is 19.6. The largest absolute Gasteiger partial charge is 0.491 e. The number of carboxylic acids is 1. The van der Waals surface area contributed by atoms with Crippen LogP contribution in [-0.2, 0) is 27.3 Å². The second-order valence-electron chi connectivity index (χ2n) is 17.9. The smallest absolute Gasteiger partial charge is 0.345 e. The number of carboxylic acid groups (broad SMARTS) is 1. The number of piperazine rings is 1. The number of halogens is 3. The molecule has 7 aromatic rings. The molecule has 0 radical (unpaired) electrons. The minimum absolute atomic E-state index is 0.0264. The highest BCUT2D eigenvalue weighted by molar-refractivity contribution is 7.22. The van der Waals surface area contributed by atoms with Crippen molar-refractivity contribution in [3.05, 3.63) is 124 Å². The molecular formula is C53H51Cl2FN6O9S. The van der Waals surface area contributed by atoms with Crippen LogP contribution in [0, 0.1) is 19.7 Å². The Labute approximate surface area is 429 Å². The lowest BCUT2D eigenvalue weighted by molar-refractivity contribution is -0.145. The lowest BCUT2D eigenvalue weighted by atomic mass is 9.92. The van der Waals surface area contributed by atoms with Crippen molar-refractivity contribution in [3.63, 3.8) is 0 Å². The average molecular weight is 1040 g/mol. The molecule has 2 saturated heterocycles. The van der Waals surface area contributed by atoms with Gasteiger partial charge in [0.15, 0.2) is 11.6 Å². The maximum Gasteiger partial charge on any atom is 0.345 e. The molecule has 7 heterocycles. The summed E-state index contributed by atoms with van der Waals surface area (Å²) in [5.74, 6) is 0.732. The predicted molar refractivity (Wildman–Crippen MR) is 272 cm³/mol. The van der Waals surface area contributed by atoms with Crippen LogP contribution < -0.4 is 23.7 Å². The maximum absolute atomic E-state index is 14.4. The van der Waals surface area contributed by atoms with Crippen molar-refractivity contribution in [1.82, 2.24) is 29.7 Å². The maximum atomic E-state index is 14.4. The van der Waals surface area contributed by atoms with E-state index in [1.165, 1.54) is 29.8 Å². The zero-order valence-corrected chi connectivity index (χ0v) is 42.1. The summed E-state index contributed by atoms with van der Waals surface area (Å²) in [5, 5.41) is 11.9. The lowest BCUT2D eigenvalue weighted by Crippen LogP contribution is -2.49. The van der Waals surface area contributed by atoms with Gasteiger partial charge in [-0.05, 0) is 104 Å². The summed E-state index contributed by atoms with van der Waals surface area (Å²) in [6.07, 6.45) is 0.693. The molecule has 4 aliphatic rings. The Morgan fingerprint density at radius 2 is 1.60 bits per heavy atom. The average Bonchev–Trinajstić information content (AvgIpc) is 3.78. The number of fused-ring (bicyclic) bond motifs is 7. The highest BCUT2D eigenvalue weighted by Gasteiger charge is 2.32. The molecule has 4 aromatic carbocycles. The zero-order chi connectivity index (χ0) is 49.9. The second kappa shape index (κ2) is 21.9. The van der Waals surface area contributed by atoms with Crippen molar-refractivity contribution in [2.75, 3.05) is 72.8 Å². The summed E-state index contributed by atoms with van der Waals surface area (Å²) in [5.41, 5.74) is 5.17. The topological polar surface area (TPSA) is 160 Å². The van der Waals surface area contributed by atoms with E-state index in [4.69, 9.17) is 61.3 Å². The molecule has 11 rings (SSSR count). The Kier molecular flexibility index (Phi) is 15.0. The summed E-state index contributed by atoms with van der Waals surface area (Å²) in [6.45, 7) is 9.80. The standard InChI is InChI=1S/C53H51Cl2FN6O9S/c1-30-43-31(2)47(55)48(46(30)54)70-39(24-62-18-16-61(3)17-19-62)27-69-41-13-12-38(67-25-36-14-15-57-50(60-36)33-6-10-37(11-7-33)68-28-40-26-65-20-21-66-40)22-34(41)23-42(53(63)64)71-51-45-44(43)49(72-52(45)59-29-58-51)32-4-8-35(56)9-5-32/h4-15,22,29,39-40,42H,16-21,23-28H2,1-3H3,(H,63,64)/t39-,40-,42-/m1/s1. The number of aromatic nitrogens is 4. The Bertz CT molecular complexity index is 3050. The molecule has 374 valence electrons. The Morgan fingerprint density at radius 1 is 0.847 bits per heavy atom. The number of hydrogen-bond donors (Lipinski definition) is 1. The number of hydrogen-bond acceptors (Lipinski definition) is 15. The lowest BCUT2D eigenvalue weighted by Gasteiger charge is -2.35. The van der Waals surface area contributed by atoms with Gasteiger partial charge in [-0.1, -0.05) is 35.3 Å². The zero-order valence-electron chi connectivity index (χ0n) is 39.7. The normalized spacial score (nSPS) is 18.7. The van der Waals surface area contributed by atoms with E-state index in [1.54, 1.807) is 42.6 Å². The number of nitrogens with zero attached hydrogens (tertiary/aromatic N) is 6. The van der Waals surface area contributed by atoms with Crippen LogP contribution in [0.4, 0.5) is 4.39 Å². The van der Waals surface area contributed by atoms with E-state index in [-0.39, 0.29) is 31.6 Å². The molecule has 0 amide bonds. The van der Waals surface area contributed by atoms with Crippen LogP contribution in [-0.4, -0.2) is 132 Å². The first-order chi connectivity index (χ1) is 34.9. The van der Waals surface area contributed by atoms with Gasteiger partial charge >= 0.3 is 5.97 Å². The first-order valence-corrected chi connectivity index (χ1v) is 25.1. The molecule has 0 aliphatic carbocycles. The van der Waals surface area contributed by atoms with E-state index in [1.807, 2.05) is 38.1 Å². The molecule has 3 aromatic heterocycles. The van der Waals surface area contributed by atoms with Gasteiger partial charge in [-0.3, -0.25) is 4.90 Å². The number of ether oxygens (including phenoxy) is 7. The summed E-state index contributed by atoms with van der Waals surface area (Å²) in [4.78, 5) is 37.6. The number of carbonyl (C=O) groups is 1. The molecule has 4 aliphatic heterocycles.